The zero-order chi connectivity index (χ0) is 18.7. The van der Waals surface area contributed by atoms with Crippen molar-refractivity contribution in [2.75, 3.05) is 18.5 Å². The summed E-state index contributed by atoms with van der Waals surface area (Å²) in [6.45, 7) is 1.04. The molecule has 7 heteroatoms. The van der Waals surface area contributed by atoms with Crippen LogP contribution in [0.15, 0.2) is 18.2 Å². The van der Waals surface area contributed by atoms with E-state index in [1.165, 1.54) is 38.5 Å². The van der Waals surface area contributed by atoms with E-state index in [1.807, 2.05) is 0 Å². The van der Waals surface area contributed by atoms with E-state index in [4.69, 9.17) is 9.47 Å². The van der Waals surface area contributed by atoms with Crippen LogP contribution in [0.25, 0.3) is 0 Å². The van der Waals surface area contributed by atoms with E-state index in [0.717, 1.165) is 22.8 Å². The van der Waals surface area contributed by atoms with Crippen LogP contribution < -0.4 is 14.8 Å². The number of aromatic nitrogens is 2. The fraction of sp³-hybridized carbons (Fsp3) is 0.571. The van der Waals surface area contributed by atoms with Crippen molar-refractivity contribution in [3.05, 3.63) is 28.8 Å². The van der Waals surface area contributed by atoms with E-state index in [2.05, 4.69) is 15.5 Å². The summed E-state index contributed by atoms with van der Waals surface area (Å²) >= 11 is 1.56. The number of hydrogen-bond acceptors (Lipinski definition) is 6. The van der Waals surface area contributed by atoms with Gasteiger partial charge < -0.3 is 9.47 Å². The molecule has 1 aromatic carbocycles. The van der Waals surface area contributed by atoms with Gasteiger partial charge in [-0.1, -0.05) is 11.3 Å². The minimum Gasteiger partial charge on any atom is -0.486 e. The molecule has 0 radical (unpaired) electrons. The van der Waals surface area contributed by atoms with Crippen molar-refractivity contribution in [3.63, 3.8) is 0 Å². The Balaban J connectivity index is 1.21. The van der Waals surface area contributed by atoms with Crippen molar-refractivity contribution < 1.29 is 14.3 Å². The molecule has 4 saturated carbocycles. The summed E-state index contributed by atoms with van der Waals surface area (Å²) in [5, 5.41) is 13.5. The topological polar surface area (TPSA) is 73.3 Å². The molecule has 146 valence electrons. The molecule has 0 spiro atoms. The van der Waals surface area contributed by atoms with E-state index in [-0.39, 0.29) is 11.3 Å². The minimum atomic E-state index is -0.190. The van der Waals surface area contributed by atoms with Crippen molar-refractivity contribution in [2.24, 2.45) is 17.8 Å². The molecule has 1 aromatic heterocycles. The lowest BCUT2D eigenvalue weighted by Crippen LogP contribution is -2.48. The number of nitrogens with one attached hydrogen (secondary N) is 1. The van der Waals surface area contributed by atoms with Crippen LogP contribution >= 0.6 is 11.3 Å². The summed E-state index contributed by atoms with van der Waals surface area (Å²) in [4.78, 5) is 12.7. The lowest BCUT2D eigenvalue weighted by Gasteiger charge is -2.55. The summed E-state index contributed by atoms with van der Waals surface area (Å²) in [6, 6.07) is 5.26. The number of benzene rings is 1. The van der Waals surface area contributed by atoms with Crippen LogP contribution in [-0.4, -0.2) is 29.3 Å². The van der Waals surface area contributed by atoms with Gasteiger partial charge in [0.05, 0.1) is 0 Å². The second-order valence-corrected chi connectivity index (χ2v) is 9.90. The summed E-state index contributed by atoms with van der Waals surface area (Å²) in [5.74, 6) is 3.71. The SMILES string of the molecule is O=C(Nc1nnc(C23CC4CC(CC(C4)C2)C3)s1)c1ccc2c(c1)OCCO2. The first-order valence-electron chi connectivity index (χ1n) is 10.2. The predicted octanol–water partition coefficient (Wildman–Crippen LogP) is 4.03. The molecule has 1 N–H and O–H groups in total. The number of ether oxygens (including phenoxy) is 2. The Morgan fingerprint density at radius 3 is 2.39 bits per heavy atom. The maximum atomic E-state index is 12.7. The second kappa shape index (κ2) is 6.17. The highest BCUT2D eigenvalue weighted by atomic mass is 32.1. The molecule has 1 aliphatic heterocycles. The van der Waals surface area contributed by atoms with Gasteiger partial charge in [0, 0.05) is 11.0 Å². The molecular formula is C21H23N3O3S. The Hall–Kier alpha value is -2.15. The third kappa shape index (κ3) is 2.70. The lowest BCUT2D eigenvalue weighted by atomic mass is 9.50. The maximum absolute atomic E-state index is 12.7. The predicted molar refractivity (Wildman–Crippen MR) is 105 cm³/mol. The number of rotatable bonds is 3. The highest BCUT2D eigenvalue weighted by Gasteiger charge is 2.53. The average molecular weight is 398 g/mol. The van der Waals surface area contributed by atoms with E-state index < -0.39 is 0 Å². The standard InChI is InChI=1S/C21H23N3O3S/c25-18(15-1-2-16-17(8-15)27-4-3-26-16)22-20-24-23-19(28-20)21-9-12-5-13(10-21)7-14(6-12)11-21/h1-2,8,12-14H,3-7,9-11H2,(H,22,24,25). The number of nitrogens with zero attached hydrogens (tertiary/aromatic N) is 2. The Morgan fingerprint density at radius 1 is 1.00 bits per heavy atom. The van der Waals surface area contributed by atoms with Gasteiger partial charge in [0.25, 0.3) is 5.91 Å². The van der Waals surface area contributed by atoms with Crippen molar-refractivity contribution >= 4 is 22.4 Å². The molecule has 2 aromatic rings. The van der Waals surface area contributed by atoms with E-state index in [0.29, 0.717) is 35.4 Å². The molecular weight excluding hydrogens is 374 g/mol. The third-order valence-corrected chi connectivity index (χ3v) is 8.03. The van der Waals surface area contributed by atoms with Crippen LogP contribution in [0.4, 0.5) is 5.13 Å². The van der Waals surface area contributed by atoms with Crippen LogP contribution in [0.5, 0.6) is 11.5 Å². The van der Waals surface area contributed by atoms with Crippen LogP contribution in [0.1, 0.15) is 53.9 Å². The molecule has 0 unspecified atom stereocenters. The van der Waals surface area contributed by atoms with Crippen LogP contribution in [0, 0.1) is 17.8 Å². The molecule has 4 bridgehead atoms. The first-order valence-corrected chi connectivity index (χ1v) is 11.0. The normalized spacial score (nSPS) is 32.4. The summed E-state index contributed by atoms with van der Waals surface area (Å²) < 4.78 is 11.1. The monoisotopic (exact) mass is 397 g/mol. The second-order valence-electron chi connectivity index (χ2n) is 8.92. The quantitative estimate of drug-likeness (QED) is 0.846. The lowest BCUT2D eigenvalue weighted by molar-refractivity contribution is -0.00555. The van der Waals surface area contributed by atoms with Gasteiger partial charge in [-0.2, -0.15) is 0 Å². The highest BCUT2D eigenvalue weighted by Crippen LogP contribution is 2.61. The first-order chi connectivity index (χ1) is 13.7. The molecule has 0 saturated heterocycles. The van der Waals surface area contributed by atoms with E-state index in [1.54, 1.807) is 29.5 Å². The van der Waals surface area contributed by atoms with Gasteiger partial charge >= 0.3 is 0 Å². The molecule has 2 heterocycles. The number of amides is 1. The number of carbonyl (C=O) groups excluding carboxylic acids is 1. The molecule has 4 fully saturated rings. The first kappa shape index (κ1) is 16.8. The molecule has 0 atom stereocenters. The summed E-state index contributed by atoms with van der Waals surface area (Å²) in [5.41, 5.74) is 0.752. The molecule has 6 nitrogen and oxygen atoms in total. The molecule has 5 aliphatic rings. The summed E-state index contributed by atoms with van der Waals surface area (Å²) in [7, 11) is 0. The largest absolute Gasteiger partial charge is 0.486 e. The fourth-order valence-corrected chi connectivity index (χ4v) is 7.17. The minimum absolute atomic E-state index is 0.190. The van der Waals surface area contributed by atoms with Gasteiger partial charge in [0.15, 0.2) is 11.5 Å². The van der Waals surface area contributed by atoms with Crippen molar-refractivity contribution in [2.45, 2.75) is 43.9 Å². The van der Waals surface area contributed by atoms with Gasteiger partial charge in [0.1, 0.15) is 18.2 Å². The van der Waals surface area contributed by atoms with Crippen LogP contribution in [0.2, 0.25) is 0 Å². The Labute approximate surface area is 167 Å². The Bertz CT molecular complexity index is 905. The van der Waals surface area contributed by atoms with Gasteiger partial charge in [-0.25, -0.2) is 0 Å². The third-order valence-electron chi connectivity index (χ3n) is 6.94. The van der Waals surface area contributed by atoms with E-state index >= 15 is 0 Å². The van der Waals surface area contributed by atoms with Gasteiger partial charge in [-0.15, -0.1) is 10.2 Å². The smallest absolute Gasteiger partial charge is 0.257 e. The van der Waals surface area contributed by atoms with E-state index in [9.17, 15) is 4.79 Å². The van der Waals surface area contributed by atoms with Crippen LogP contribution in [-0.2, 0) is 5.41 Å². The number of anilines is 1. The van der Waals surface area contributed by atoms with Crippen LogP contribution in [0.3, 0.4) is 0 Å². The molecule has 28 heavy (non-hydrogen) atoms. The molecule has 4 aliphatic carbocycles. The summed E-state index contributed by atoms with van der Waals surface area (Å²) in [6.07, 6.45) is 7.99. The van der Waals surface area contributed by atoms with Gasteiger partial charge in [0.2, 0.25) is 5.13 Å². The zero-order valence-corrected chi connectivity index (χ0v) is 16.5. The highest BCUT2D eigenvalue weighted by molar-refractivity contribution is 7.15. The zero-order valence-electron chi connectivity index (χ0n) is 15.6. The number of carbonyl (C=O) groups is 1. The van der Waals surface area contributed by atoms with Crippen molar-refractivity contribution in [3.8, 4) is 11.5 Å². The number of hydrogen-bond donors (Lipinski definition) is 1. The fourth-order valence-electron chi connectivity index (χ4n) is 6.21. The van der Waals surface area contributed by atoms with Gasteiger partial charge in [-0.05, 0) is 74.5 Å². The molecule has 7 rings (SSSR count). The average Bonchev–Trinajstić information content (AvgIpc) is 3.16. The Kier molecular flexibility index (Phi) is 3.70. The van der Waals surface area contributed by atoms with Crippen molar-refractivity contribution in [1.29, 1.82) is 0 Å². The van der Waals surface area contributed by atoms with Gasteiger partial charge in [-0.3, -0.25) is 10.1 Å². The van der Waals surface area contributed by atoms with Crippen molar-refractivity contribution in [1.82, 2.24) is 10.2 Å². The number of fused-ring (bicyclic) bond motifs is 1. The molecule has 1 amide bonds. The maximum Gasteiger partial charge on any atom is 0.257 e. The Morgan fingerprint density at radius 2 is 1.68 bits per heavy atom.